The quantitative estimate of drug-likeness (QED) is 0.0773. The molecule has 0 heterocycles. The minimum absolute atomic E-state index is 0.228. The molecule has 6 heteroatoms. The van der Waals surface area contributed by atoms with E-state index in [9.17, 15) is 4.39 Å². The molecule has 0 bridgehead atoms. The van der Waals surface area contributed by atoms with Gasteiger partial charge in [-0.1, -0.05) is 136 Å². The summed E-state index contributed by atoms with van der Waals surface area (Å²) in [7, 11) is 6.49. The van der Waals surface area contributed by atoms with Gasteiger partial charge in [-0.15, -0.1) is 0 Å². The Bertz CT molecular complexity index is 854. The summed E-state index contributed by atoms with van der Waals surface area (Å²) in [5, 5.41) is 7.00. The van der Waals surface area contributed by atoms with E-state index in [2.05, 4.69) is 90.9 Å². The Labute approximate surface area is 271 Å². The molecular weight excluding hydrogens is 562 g/mol. The van der Waals surface area contributed by atoms with Gasteiger partial charge in [0.1, 0.15) is 5.83 Å². The van der Waals surface area contributed by atoms with Crippen LogP contribution in [0.15, 0.2) is 109 Å². The van der Waals surface area contributed by atoms with Crippen LogP contribution in [0.5, 0.6) is 0 Å². The molecule has 0 amide bonds. The van der Waals surface area contributed by atoms with Gasteiger partial charge in [0.05, 0.1) is 19.3 Å². The van der Waals surface area contributed by atoms with Gasteiger partial charge in [-0.2, -0.15) is 12.6 Å². The molecule has 0 radical (unpaired) electrons. The highest BCUT2D eigenvalue weighted by Gasteiger charge is 2.08. The SMILES string of the molecule is C=C(/C=C\C(=C)C(=C)/C(F)=C\C(=C)C(=C)/C=C\C(=C)C(C)CCC(C)CC)CC.CCC.CO.COSN(C)C.CS. The van der Waals surface area contributed by atoms with Crippen molar-refractivity contribution in [1.29, 1.82) is 0 Å². The minimum atomic E-state index is -0.470. The predicted octanol–water partition coefficient (Wildman–Crippen LogP) is 11.5. The summed E-state index contributed by atoms with van der Waals surface area (Å²) in [6.45, 7) is 36.5. The minimum Gasteiger partial charge on any atom is -0.400 e. The first-order valence-corrected chi connectivity index (χ1v) is 15.9. The number of hydrogen-bond acceptors (Lipinski definition) is 5. The van der Waals surface area contributed by atoms with Gasteiger partial charge in [0, 0.05) is 12.7 Å². The van der Waals surface area contributed by atoms with Gasteiger partial charge in [0.2, 0.25) is 0 Å². The zero-order valence-electron chi connectivity index (χ0n) is 28.9. The van der Waals surface area contributed by atoms with E-state index >= 15 is 0 Å². The predicted molar refractivity (Wildman–Crippen MR) is 198 cm³/mol. The Kier molecular flexibility index (Phi) is 42.0. The van der Waals surface area contributed by atoms with E-state index in [1.165, 1.54) is 37.6 Å². The summed E-state index contributed by atoms with van der Waals surface area (Å²) in [6.07, 6.45) is 16.0. The van der Waals surface area contributed by atoms with Crippen LogP contribution in [0, 0.1) is 11.8 Å². The van der Waals surface area contributed by atoms with E-state index < -0.39 is 5.83 Å². The number of allylic oxidation sites excluding steroid dienone is 12. The highest BCUT2D eigenvalue weighted by molar-refractivity contribution is 7.92. The number of thiol groups is 1. The highest BCUT2D eigenvalue weighted by atomic mass is 32.2. The number of aliphatic hydroxyl groups excluding tert-OH is 1. The normalized spacial score (nSPS) is 11.8. The lowest BCUT2D eigenvalue weighted by Crippen LogP contribution is -2.00. The standard InChI is InChI=1S/C28H39F.C3H9NOS.C3H8.CH4O.CH4S/c1-11-20(3)13-15-22(5)23(6)17-18-24(7)26(9)19-28(29)27(10)25(8)16-14-21(4)12-2;1-4(2)6-5-3;1-3-2;2*1-2/h14,16-20,22H,4,6-13,15H2,1-3,5H3;1-3H3;3H2,1-2H3;2*2H,1H3/b16-14-,18-17-,28-19+;;;;. The molecule has 0 aliphatic carbocycles. The lowest BCUT2D eigenvalue weighted by molar-refractivity contribution is 0.399. The Morgan fingerprint density at radius 1 is 0.857 bits per heavy atom. The van der Waals surface area contributed by atoms with Crippen molar-refractivity contribution in [2.45, 2.75) is 73.6 Å². The Morgan fingerprint density at radius 3 is 1.71 bits per heavy atom. The Balaban J connectivity index is -0.000000295. The molecule has 0 aromatic rings. The molecule has 0 aromatic carbocycles. The Hall–Kier alpha value is -1.83. The largest absolute Gasteiger partial charge is 0.400 e. The van der Waals surface area contributed by atoms with Gasteiger partial charge in [0.25, 0.3) is 0 Å². The Morgan fingerprint density at radius 2 is 1.33 bits per heavy atom. The van der Waals surface area contributed by atoms with Crippen LogP contribution in [0.3, 0.4) is 0 Å². The molecule has 0 aliphatic heterocycles. The lowest BCUT2D eigenvalue weighted by Gasteiger charge is -2.14. The van der Waals surface area contributed by atoms with E-state index in [4.69, 9.17) is 5.11 Å². The average molecular weight is 626 g/mol. The number of aliphatic hydroxyl groups is 1. The fraction of sp³-hybridized carbons (Fsp3) is 0.500. The molecular formula is C36H64FNO2S2. The molecule has 0 rings (SSSR count). The summed E-state index contributed by atoms with van der Waals surface area (Å²) < 4.78 is 21.0. The molecule has 2 atom stereocenters. The van der Waals surface area contributed by atoms with Crippen molar-refractivity contribution < 1.29 is 13.7 Å². The molecule has 42 heavy (non-hydrogen) atoms. The molecule has 3 nitrogen and oxygen atoms in total. The highest BCUT2D eigenvalue weighted by Crippen LogP contribution is 2.24. The fourth-order valence-corrected chi connectivity index (χ4v) is 2.77. The summed E-state index contributed by atoms with van der Waals surface area (Å²) in [5.41, 5.74) is 3.87. The van der Waals surface area contributed by atoms with Crippen molar-refractivity contribution in [2.24, 2.45) is 11.8 Å². The van der Waals surface area contributed by atoms with Crippen molar-refractivity contribution in [3.8, 4) is 0 Å². The zero-order valence-corrected chi connectivity index (χ0v) is 30.6. The number of nitrogens with zero attached hydrogens (tertiary/aromatic N) is 1. The third-order valence-corrected chi connectivity index (χ3v) is 5.96. The lowest BCUT2D eigenvalue weighted by atomic mass is 9.91. The summed E-state index contributed by atoms with van der Waals surface area (Å²) in [5.74, 6) is 0.665. The number of hydrogen-bond donors (Lipinski definition) is 2. The van der Waals surface area contributed by atoms with E-state index in [-0.39, 0.29) is 5.57 Å². The summed E-state index contributed by atoms with van der Waals surface area (Å²) in [4.78, 5) is 0. The number of rotatable bonds is 16. The van der Waals surface area contributed by atoms with Crippen molar-refractivity contribution in [1.82, 2.24) is 4.31 Å². The average Bonchev–Trinajstić information content (AvgIpc) is 2.98. The topological polar surface area (TPSA) is 32.7 Å². The third kappa shape index (κ3) is 32.7. The van der Waals surface area contributed by atoms with Crippen LogP contribution in [-0.2, 0) is 4.18 Å². The number of halogens is 1. The third-order valence-electron chi connectivity index (χ3n) is 5.51. The second kappa shape index (κ2) is 35.4. The zero-order chi connectivity index (χ0) is 34.3. The van der Waals surface area contributed by atoms with E-state index in [1.54, 1.807) is 19.4 Å². The van der Waals surface area contributed by atoms with Gasteiger partial charge in [-0.25, -0.2) is 8.70 Å². The van der Waals surface area contributed by atoms with Gasteiger partial charge >= 0.3 is 0 Å². The monoisotopic (exact) mass is 625 g/mol. The molecule has 0 saturated carbocycles. The van der Waals surface area contributed by atoms with Crippen LogP contribution in [-0.4, -0.2) is 44.0 Å². The molecule has 0 aromatic heterocycles. The van der Waals surface area contributed by atoms with Gasteiger partial charge in [0.15, 0.2) is 0 Å². The smallest absolute Gasteiger partial charge is 0.131 e. The van der Waals surface area contributed by atoms with Crippen LogP contribution in [0.2, 0.25) is 0 Å². The van der Waals surface area contributed by atoms with Crippen molar-refractivity contribution in [2.75, 3.05) is 34.6 Å². The van der Waals surface area contributed by atoms with E-state index in [1.807, 2.05) is 43.6 Å². The first-order valence-electron chi connectivity index (χ1n) is 14.4. The van der Waals surface area contributed by atoms with Gasteiger partial charge in [-0.3, -0.25) is 0 Å². The van der Waals surface area contributed by atoms with Crippen molar-refractivity contribution >= 4 is 24.9 Å². The maximum Gasteiger partial charge on any atom is 0.131 e. The molecule has 2 unspecified atom stereocenters. The molecule has 244 valence electrons. The van der Waals surface area contributed by atoms with Crippen LogP contribution in [0.4, 0.5) is 4.39 Å². The van der Waals surface area contributed by atoms with Gasteiger partial charge in [-0.05, 0) is 67.8 Å². The van der Waals surface area contributed by atoms with Crippen molar-refractivity contribution in [3.63, 3.8) is 0 Å². The van der Waals surface area contributed by atoms with Gasteiger partial charge < -0.3 is 9.29 Å². The van der Waals surface area contributed by atoms with Crippen molar-refractivity contribution in [3.05, 3.63) is 109 Å². The fourth-order valence-electron chi connectivity index (χ4n) is 2.48. The second-order valence-corrected chi connectivity index (χ2v) is 10.8. The molecule has 0 aliphatic rings. The molecule has 1 N–H and O–H groups in total. The maximum absolute atomic E-state index is 14.5. The van der Waals surface area contributed by atoms with Crippen LogP contribution >= 0.6 is 24.9 Å². The second-order valence-electron chi connectivity index (χ2n) is 9.55. The molecule has 0 fully saturated rings. The van der Waals surface area contributed by atoms with Crippen LogP contribution in [0.25, 0.3) is 0 Å². The summed E-state index contributed by atoms with van der Waals surface area (Å²) >= 11 is 4.85. The first-order chi connectivity index (χ1) is 19.7. The first kappa shape index (κ1) is 49.8. The molecule has 0 saturated heterocycles. The van der Waals surface area contributed by atoms with Crippen LogP contribution < -0.4 is 0 Å². The summed E-state index contributed by atoms with van der Waals surface area (Å²) in [6, 6.07) is 0. The molecule has 0 spiro atoms. The van der Waals surface area contributed by atoms with Crippen LogP contribution in [0.1, 0.15) is 73.6 Å². The maximum atomic E-state index is 14.5. The van der Waals surface area contributed by atoms with E-state index in [0.717, 1.165) is 37.0 Å². The van der Waals surface area contributed by atoms with E-state index in [0.29, 0.717) is 22.6 Å².